The summed E-state index contributed by atoms with van der Waals surface area (Å²) in [5.74, 6) is -0.483. The summed E-state index contributed by atoms with van der Waals surface area (Å²) in [6.45, 7) is 1.48. The number of amides is 2. The molecule has 1 saturated carbocycles. The topological polar surface area (TPSA) is 92.1 Å². The molecule has 2 saturated heterocycles. The Balaban J connectivity index is 1.13. The number of carbonyl (C=O) groups is 2. The Bertz CT molecular complexity index is 1370. The van der Waals surface area contributed by atoms with E-state index in [1.165, 1.54) is 18.7 Å². The van der Waals surface area contributed by atoms with Crippen LogP contribution in [0.25, 0.3) is 5.65 Å². The van der Waals surface area contributed by atoms with Crippen molar-refractivity contribution in [3.63, 3.8) is 0 Å². The van der Waals surface area contributed by atoms with E-state index in [0.717, 1.165) is 44.2 Å². The first-order valence-electron chi connectivity index (χ1n) is 13.8. The number of carbonyl (C=O) groups excluding carboxylic acids is 2. The third-order valence-corrected chi connectivity index (χ3v) is 8.11. The minimum atomic E-state index is -0.477. The van der Waals surface area contributed by atoms with Gasteiger partial charge in [-0.25, -0.2) is 23.1 Å². The summed E-state index contributed by atoms with van der Waals surface area (Å²) < 4.78 is 35.7. The average Bonchev–Trinajstić information content (AvgIpc) is 3.71. The van der Waals surface area contributed by atoms with Gasteiger partial charge < -0.3 is 19.9 Å². The number of hydrogen-bond donors (Lipinski definition) is 1. The van der Waals surface area contributed by atoms with Crippen LogP contribution in [0.5, 0.6) is 0 Å². The molecule has 3 fully saturated rings. The Morgan fingerprint density at radius 3 is 2.69 bits per heavy atom. The Morgan fingerprint density at radius 2 is 1.85 bits per heavy atom. The van der Waals surface area contributed by atoms with Crippen molar-refractivity contribution >= 4 is 29.2 Å². The molecule has 1 aromatic carbocycles. The van der Waals surface area contributed by atoms with Gasteiger partial charge in [-0.15, -0.1) is 0 Å². The number of likely N-dealkylation sites (tertiary alicyclic amines) is 1. The number of halogens is 2. The molecule has 2 aromatic heterocycles. The lowest BCUT2D eigenvalue weighted by Gasteiger charge is -2.26. The van der Waals surface area contributed by atoms with Gasteiger partial charge in [-0.2, -0.15) is 5.10 Å². The maximum absolute atomic E-state index is 14.6. The highest BCUT2D eigenvalue weighted by Gasteiger charge is 2.33. The van der Waals surface area contributed by atoms with E-state index in [9.17, 15) is 18.4 Å². The van der Waals surface area contributed by atoms with Crippen LogP contribution in [-0.4, -0.2) is 57.2 Å². The molecule has 1 N–H and O–H groups in total. The molecule has 206 valence electrons. The average molecular weight is 539 g/mol. The zero-order valence-electron chi connectivity index (χ0n) is 21.7. The number of aromatic nitrogens is 3. The van der Waals surface area contributed by atoms with Crippen LogP contribution in [-0.2, 0) is 9.53 Å². The molecule has 0 bridgehead atoms. The normalized spacial score (nSPS) is 22.0. The third-order valence-electron chi connectivity index (χ3n) is 8.11. The molecule has 9 nitrogen and oxygen atoms in total. The number of benzene rings is 1. The number of ether oxygens (including phenoxy) is 1. The SMILES string of the molecule is O=C(O[C@H]1CCN(C(=O)Nc2cnn3ccc(N4CCC[C@@H]4c4cc(F)ccc4F)nc23)C1)C1CCCCC1. The van der Waals surface area contributed by atoms with Crippen LogP contribution in [0, 0.1) is 17.6 Å². The van der Waals surface area contributed by atoms with E-state index in [4.69, 9.17) is 9.72 Å². The number of anilines is 2. The predicted octanol–water partition coefficient (Wildman–Crippen LogP) is 5.08. The van der Waals surface area contributed by atoms with E-state index in [1.54, 1.807) is 21.7 Å². The summed E-state index contributed by atoms with van der Waals surface area (Å²) >= 11 is 0. The van der Waals surface area contributed by atoms with E-state index in [2.05, 4.69) is 10.4 Å². The molecule has 0 radical (unpaired) electrons. The minimum Gasteiger partial charge on any atom is -0.460 e. The third kappa shape index (κ3) is 5.26. The lowest BCUT2D eigenvalue weighted by atomic mass is 9.89. The van der Waals surface area contributed by atoms with Crippen LogP contribution in [0.2, 0.25) is 0 Å². The fraction of sp³-hybridized carbons (Fsp3) is 0.500. The van der Waals surface area contributed by atoms with E-state index >= 15 is 0 Å². The second kappa shape index (κ2) is 10.8. The first kappa shape index (κ1) is 25.5. The molecule has 2 aliphatic heterocycles. The smallest absolute Gasteiger partial charge is 0.322 e. The Labute approximate surface area is 225 Å². The van der Waals surface area contributed by atoms with Crippen molar-refractivity contribution in [2.45, 2.75) is 63.5 Å². The van der Waals surface area contributed by atoms with E-state index in [-0.39, 0.29) is 30.1 Å². The zero-order valence-corrected chi connectivity index (χ0v) is 21.7. The van der Waals surface area contributed by atoms with Crippen LogP contribution < -0.4 is 10.2 Å². The summed E-state index contributed by atoms with van der Waals surface area (Å²) in [6.07, 6.45) is 10.1. The highest BCUT2D eigenvalue weighted by Crippen LogP contribution is 2.37. The van der Waals surface area contributed by atoms with E-state index < -0.39 is 11.6 Å². The van der Waals surface area contributed by atoms with E-state index in [1.807, 2.05) is 4.90 Å². The second-order valence-electron chi connectivity index (χ2n) is 10.7. The molecule has 2 amide bonds. The van der Waals surface area contributed by atoms with Gasteiger partial charge in [0.1, 0.15) is 29.2 Å². The molecule has 3 aliphatic rings. The number of fused-ring (bicyclic) bond motifs is 1. The maximum Gasteiger partial charge on any atom is 0.322 e. The van der Waals surface area contributed by atoms with Gasteiger partial charge in [0.05, 0.1) is 24.7 Å². The Hall–Kier alpha value is -3.76. The molecule has 2 atom stereocenters. The summed E-state index contributed by atoms with van der Waals surface area (Å²) in [7, 11) is 0. The first-order valence-corrected chi connectivity index (χ1v) is 13.8. The van der Waals surface area contributed by atoms with Crippen molar-refractivity contribution < 1.29 is 23.1 Å². The van der Waals surface area contributed by atoms with Crippen molar-refractivity contribution in [3.8, 4) is 0 Å². The number of esters is 1. The van der Waals surface area contributed by atoms with Crippen LogP contribution in [0.15, 0.2) is 36.7 Å². The fourth-order valence-electron chi connectivity index (χ4n) is 6.04. The molecule has 39 heavy (non-hydrogen) atoms. The lowest BCUT2D eigenvalue weighted by molar-refractivity contribution is -0.154. The number of urea groups is 1. The maximum atomic E-state index is 14.6. The Morgan fingerprint density at radius 1 is 1.00 bits per heavy atom. The van der Waals surface area contributed by atoms with Gasteiger partial charge in [0.25, 0.3) is 0 Å². The highest BCUT2D eigenvalue weighted by molar-refractivity contribution is 5.93. The van der Waals surface area contributed by atoms with Crippen LogP contribution in [0.4, 0.5) is 25.1 Å². The van der Waals surface area contributed by atoms with Crippen LogP contribution in [0.1, 0.15) is 63.0 Å². The largest absolute Gasteiger partial charge is 0.460 e. The van der Waals surface area contributed by atoms with Gasteiger partial charge in [0, 0.05) is 31.3 Å². The molecular formula is C28H32F2N6O3. The molecule has 1 aliphatic carbocycles. The van der Waals surface area contributed by atoms with Gasteiger partial charge in [-0.1, -0.05) is 19.3 Å². The molecule has 0 unspecified atom stereocenters. The zero-order chi connectivity index (χ0) is 26.9. The van der Waals surface area contributed by atoms with E-state index in [0.29, 0.717) is 55.2 Å². The first-order chi connectivity index (χ1) is 19.0. The summed E-state index contributed by atoms with van der Waals surface area (Å²) in [6, 6.07) is 4.66. The fourth-order valence-corrected chi connectivity index (χ4v) is 6.04. The van der Waals surface area contributed by atoms with Crippen molar-refractivity contribution in [2.75, 3.05) is 29.9 Å². The van der Waals surface area contributed by atoms with Crippen LogP contribution >= 0.6 is 0 Å². The van der Waals surface area contributed by atoms with Crippen molar-refractivity contribution in [2.24, 2.45) is 5.92 Å². The molecule has 11 heteroatoms. The molecule has 0 spiro atoms. The highest BCUT2D eigenvalue weighted by atomic mass is 19.1. The van der Waals surface area contributed by atoms with Gasteiger partial charge >= 0.3 is 12.0 Å². The standard InChI is InChI=1S/C28H32F2N6O3/c29-19-8-9-22(30)21(15-19)24-7-4-12-35(24)25-11-14-36-26(33-25)23(16-31-36)32-28(38)34-13-10-20(17-34)39-27(37)18-5-2-1-3-6-18/h8-9,11,14-16,18,20,24H,1-7,10,12-13,17H2,(H,32,38)/t20-,24+/m0/s1. The van der Waals surface area contributed by atoms with Gasteiger partial charge in [-0.3, -0.25) is 4.79 Å². The molecule has 3 aromatic rings. The number of nitrogens with one attached hydrogen (secondary N) is 1. The minimum absolute atomic E-state index is 0.0201. The lowest BCUT2D eigenvalue weighted by Crippen LogP contribution is -2.35. The second-order valence-corrected chi connectivity index (χ2v) is 10.7. The Kier molecular flexibility index (Phi) is 7.05. The van der Waals surface area contributed by atoms with Crippen LogP contribution in [0.3, 0.4) is 0 Å². The van der Waals surface area contributed by atoms with Crippen molar-refractivity contribution in [1.82, 2.24) is 19.5 Å². The molecular weight excluding hydrogens is 506 g/mol. The monoisotopic (exact) mass is 538 g/mol. The molecule has 6 rings (SSSR count). The number of rotatable bonds is 5. The summed E-state index contributed by atoms with van der Waals surface area (Å²) in [5, 5.41) is 7.19. The van der Waals surface area contributed by atoms with Gasteiger partial charge in [0.15, 0.2) is 5.65 Å². The summed E-state index contributed by atoms with van der Waals surface area (Å²) in [4.78, 5) is 33.9. The number of hydrogen-bond acceptors (Lipinski definition) is 6. The number of nitrogens with zero attached hydrogens (tertiary/aromatic N) is 5. The predicted molar refractivity (Wildman–Crippen MR) is 140 cm³/mol. The van der Waals surface area contributed by atoms with Gasteiger partial charge in [0.2, 0.25) is 0 Å². The van der Waals surface area contributed by atoms with Gasteiger partial charge in [-0.05, 0) is 49.9 Å². The summed E-state index contributed by atoms with van der Waals surface area (Å²) in [5.41, 5.74) is 1.20. The quantitative estimate of drug-likeness (QED) is 0.456. The van der Waals surface area contributed by atoms with Crippen molar-refractivity contribution in [1.29, 1.82) is 0 Å². The van der Waals surface area contributed by atoms with Crippen molar-refractivity contribution in [3.05, 3.63) is 53.9 Å². The molecule has 4 heterocycles.